The van der Waals surface area contributed by atoms with Crippen LogP contribution in [0, 0.1) is 17.8 Å². The Morgan fingerprint density at radius 1 is 1.35 bits per heavy atom. The molecule has 1 aromatic rings. The van der Waals surface area contributed by atoms with Crippen LogP contribution in [-0.2, 0) is 6.54 Å². The van der Waals surface area contributed by atoms with Crippen molar-refractivity contribution < 1.29 is 9.21 Å². The summed E-state index contributed by atoms with van der Waals surface area (Å²) in [5.41, 5.74) is 5.47. The molecule has 0 spiro atoms. The van der Waals surface area contributed by atoms with Crippen LogP contribution < -0.4 is 5.73 Å². The van der Waals surface area contributed by atoms with Crippen molar-refractivity contribution in [3.8, 4) is 0 Å². The van der Waals surface area contributed by atoms with Crippen molar-refractivity contribution in [2.45, 2.75) is 38.6 Å². The van der Waals surface area contributed by atoms with E-state index in [0.29, 0.717) is 30.4 Å². The van der Waals surface area contributed by atoms with Crippen molar-refractivity contribution in [2.24, 2.45) is 23.5 Å². The van der Waals surface area contributed by atoms with Gasteiger partial charge >= 0.3 is 0 Å². The quantitative estimate of drug-likeness (QED) is 0.813. The fourth-order valence-corrected chi connectivity index (χ4v) is 3.60. The van der Waals surface area contributed by atoms with Gasteiger partial charge < -0.3 is 10.2 Å². The van der Waals surface area contributed by atoms with E-state index in [1.807, 2.05) is 0 Å². The molecule has 3 rings (SSSR count). The first-order chi connectivity index (χ1) is 8.26. The van der Waals surface area contributed by atoms with Gasteiger partial charge in [0.25, 0.3) is 0 Å². The molecule has 0 aromatic carbocycles. The third kappa shape index (κ3) is 2.04. The van der Waals surface area contributed by atoms with E-state index in [1.165, 1.54) is 25.7 Å². The van der Waals surface area contributed by atoms with E-state index in [4.69, 9.17) is 10.2 Å². The largest absolute Gasteiger partial charge is 0.457 e. The zero-order valence-corrected chi connectivity index (χ0v) is 10.0. The number of furan rings is 1. The van der Waals surface area contributed by atoms with E-state index < -0.39 is 0 Å². The number of carbonyl (C=O) groups excluding carboxylic acids is 1. The maximum Gasteiger partial charge on any atom is 0.198 e. The summed E-state index contributed by atoms with van der Waals surface area (Å²) < 4.78 is 5.41. The molecular formula is C14H19NO2. The van der Waals surface area contributed by atoms with Crippen LogP contribution >= 0.6 is 0 Å². The molecule has 1 aromatic heterocycles. The number of nitrogens with two attached hydrogens (primary N) is 1. The van der Waals surface area contributed by atoms with Crippen LogP contribution in [0.1, 0.15) is 48.4 Å². The molecule has 0 radical (unpaired) electrons. The highest BCUT2D eigenvalue weighted by Gasteiger charge is 2.40. The molecule has 0 saturated heterocycles. The number of carbonyl (C=O) groups is 1. The standard InChI is InChI=1S/C14H19NO2/c15-8-12-3-4-14(17-12)13(16)7-11-6-9-1-2-10(11)5-9/h3-4,9-11H,1-2,5-8,15H2. The van der Waals surface area contributed by atoms with Crippen molar-refractivity contribution in [2.75, 3.05) is 0 Å². The number of hydrogen-bond donors (Lipinski definition) is 1. The Balaban J connectivity index is 1.63. The highest BCUT2D eigenvalue weighted by molar-refractivity contribution is 5.93. The minimum absolute atomic E-state index is 0.155. The lowest BCUT2D eigenvalue weighted by molar-refractivity contribution is 0.0915. The highest BCUT2D eigenvalue weighted by Crippen LogP contribution is 2.49. The topological polar surface area (TPSA) is 56.2 Å². The van der Waals surface area contributed by atoms with E-state index in [9.17, 15) is 4.79 Å². The van der Waals surface area contributed by atoms with E-state index in [-0.39, 0.29) is 5.78 Å². The van der Waals surface area contributed by atoms with E-state index >= 15 is 0 Å². The predicted molar refractivity (Wildman–Crippen MR) is 64.5 cm³/mol. The first-order valence-corrected chi connectivity index (χ1v) is 6.58. The first kappa shape index (κ1) is 11.0. The Morgan fingerprint density at radius 3 is 2.82 bits per heavy atom. The van der Waals surface area contributed by atoms with Gasteiger partial charge in [0.15, 0.2) is 11.5 Å². The molecule has 0 amide bonds. The van der Waals surface area contributed by atoms with Gasteiger partial charge in [0.2, 0.25) is 0 Å². The molecule has 1 heterocycles. The molecule has 3 nitrogen and oxygen atoms in total. The Kier molecular flexibility index (Phi) is 2.79. The Bertz CT molecular complexity index is 424. The molecule has 2 aliphatic rings. The summed E-state index contributed by atoms with van der Waals surface area (Å²) >= 11 is 0. The summed E-state index contributed by atoms with van der Waals surface area (Å²) in [5.74, 6) is 3.64. The SMILES string of the molecule is NCc1ccc(C(=O)CC2CC3CCC2C3)o1. The van der Waals surface area contributed by atoms with Gasteiger partial charge in [0.1, 0.15) is 5.76 Å². The van der Waals surface area contributed by atoms with Gasteiger partial charge in [0.05, 0.1) is 6.54 Å². The lowest BCUT2D eigenvalue weighted by Gasteiger charge is -2.20. The fraction of sp³-hybridized carbons (Fsp3) is 0.643. The van der Waals surface area contributed by atoms with Gasteiger partial charge in [-0.15, -0.1) is 0 Å². The Labute approximate surface area is 101 Å². The minimum Gasteiger partial charge on any atom is -0.457 e. The molecule has 2 saturated carbocycles. The number of fused-ring (bicyclic) bond motifs is 2. The second kappa shape index (κ2) is 4.30. The lowest BCUT2D eigenvalue weighted by Crippen LogP contribution is -2.15. The van der Waals surface area contributed by atoms with Gasteiger partial charge in [-0.3, -0.25) is 4.79 Å². The van der Waals surface area contributed by atoms with Crippen molar-refractivity contribution in [3.05, 3.63) is 23.7 Å². The van der Waals surface area contributed by atoms with Gasteiger partial charge in [-0.1, -0.05) is 6.42 Å². The van der Waals surface area contributed by atoms with Gasteiger partial charge in [-0.05, 0) is 49.1 Å². The van der Waals surface area contributed by atoms with Crippen LogP contribution in [0.5, 0.6) is 0 Å². The summed E-state index contributed by atoms with van der Waals surface area (Å²) in [6.45, 7) is 0.363. The molecule has 92 valence electrons. The zero-order chi connectivity index (χ0) is 11.8. The Hall–Kier alpha value is -1.09. The monoisotopic (exact) mass is 233 g/mol. The van der Waals surface area contributed by atoms with Gasteiger partial charge in [-0.2, -0.15) is 0 Å². The number of rotatable bonds is 4. The number of hydrogen-bond acceptors (Lipinski definition) is 3. The molecule has 17 heavy (non-hydrogen) atoms. The van der Waals surface area contributed by atoms with Crippen LogP contribution in [0.3, 0.4) is 0 Å². The summed E-state index contributed by atoms with van der Waals surface area (Å²) in [5, 5.41) is 0. The van der Waals surface area contributed by atoms with Crippen molar-refractivity contribution in [1.29, 1.82) is 0 Å². The lowest BCUT2D eigenvalue weighted by atomic mass is 9.85. The average Bonchev–Trinajstić information content (AvgIpc) is 3.04. The molecule has 0 aliphatic heterocycles. The maximum atomic E-state index is 12.1. The highest BCUT2D eigenvalue weighted by atomic mass is 16.3. The van der Waals surface area contributed by atoms with E-state index in [0.717, 1.165) is 11.8 Å². The van der Waals surface area contributed by atoms with E-state index in [2.05, 4.69) is 0 Å². The van der Waals surface area contributed by atoms with Gasteiger partial charge in [0, 0.05) is 6.42 Å². The first-order valence-electron chi connectivity index (χ1n) is 6.58. The summed E-state index contributed by atoms with van der Waals surface area (Å²) in [7, 11) is 0. The summed E-state index contributed by atoms with van der Waals surface area (Å²) in [6, 6.07) is 3.56. The Morgan fingerprint density at radius 2 is 2.24 bits per heavy atom. The molecule has 3 unspecified atom stereocenters. The summed E-state index contributed by atoms with van der Waals surface area (Å²) in [6.07, 6.45) is 5.98. The number of ketones is 1. The fourth-order valence-electron chi connectivity index (χ4n) is 3.60. The second-order valence-corrected chi connectivity index (χ2v) is 5.53. The summed E-state index contributed by atoms with van der Waals surface area (Å²) in [4.78, 5) is 12.1. The minimum atomic E-state index is 0.155. The molecule has 2 aliphatic carbocycles. The zero-order valence-electron chi connectivity index (χ0n) is 10.0. The molecule has 3 heteroatoms. The molecule has 2 N–H and O–H groups in total. The van der Waals surface area contributed by atoms with Gasteiger partial charge in [-0.25, -0.2) is 0 Å². The smallest absolute Gasteiger partial charge is 0.198 e. The molecular weight excluding hydrogens is 214 g/mol. The number of Topliss-reactive ketones (excluding diaryl/α,β-unsaturated/α-hetero) is 1. The van der Waals surface area contributed by atoms with Crippen LogP contribution in [0.2, 0.25) is 0 Å². The molecule has 3 atom stereocenters. The maximum absolute atomic E-state index is 12.1. The van der Waals surface area contributed by atoms with Crippen LogP contribution in [0.25, 0.3) is 0 Å². The van der Waals surface area contributed by atoms with Crippen molar-refractivity contribution >= 4 is 5.78 Å². The van der Waals surface area contributed by atoms with Crippen molar-refractivity contribution in [3.63, 3.8) is 0 Å². The third-order valence-electron chi connectivity index (χ3n) is 4.47. The third-order valence-corrected chi connectivity index (χ3v) is 4.47. The average molecular weight is 233 g/mol. The van der Waals surface area contributed by atoms with Crippen molar-refractivity contribution in [1.82, 2.24) is 0 Å². The second-order valence-electron chi connectivity index (χ2n) is 5.53. The predicted octanol–water partition coefficient (Wildman–Crippen LogP) is 2.75. The molecule has 2 fully saturated rings. The van der Waals surface area contributed by atoms with Crippen LogP contribution in [0.4, 0.5) is 0 Å². The van der Waals surface area contributed by atoms with Crippen LogP contribution in [0.15, 0.2) is 16.5 Å². The normalized spacial score (nSPS) is 31.0. The molecule has 2 bridgehead atoms. The van der Waals surface area contributed by atoms with E-state index in [1.54, 1.807) is 12.1 Å². The van der Waals surface area contributed by atoms with Crippen LogP contribution in [-0.4, -0.2) is 5.78 Å².